The van der Waals surface area contributed by atoms with Crippen molar-refractivity contribution in [3.8, 4) is 0 Å². The van der Waals surface area contributed by atoms with Crippen LogP contribution in [0.2, 0.25) is 0 Å². The van der Waals surface area contributed by atoms with Crippen LogP contribution in [0.3, 0.4) is 0 Å². The molecule has 0 amide bonds. The van der Waals surface area contributed by atoms with Crippen LogP contribution in [0.5, 0.6) is 0 Å². The van der Waals surface area contributed by atoms with Gasteiger partial charge in [0.25, 0.3) is 0 Å². The summed E-state index contributed by atoms with van der Waals surface area (Å²) in [7, 11) is 0. The van der Waals surface area contributed by atoms with Gasteiger partial charge in [0.2, 0.25) is 0 Å². The van der Waals surface area contributed by atoms with E-state index in [9.17, 15) is 0 Å². The van der Waals surface area contributed by atoms with Crippen molar-refractivity contribution in [1.82, 2.24) is 0 Å². The predicted molar refractivity (Wildman–Crippen MR) is 51.2 cm³/mol. The van der Waals surface area contributed by atoms with Crippen LogP contribution in [0, 0.1) is 102 Å². The summed E-state index contributed by atoms with van der Waals surface area (Å²) < 4.78 is 0. The molecule has 0 spiro atoms. The molecule has 6 N–H and O–H groups in total. The van der Waals surface area contributed by atoms with Gasteiger partial charge < -0.3 is 72.2 Å². The standard InChI is InChI=1S/K.4NO3.2H2O.Sm/c;4*2-1(3)4;;;/h;;;;;2*1H2;/q+1;4*-1;;;+3/p+2. The van der Waals surface area contributed by atoms with Gasteiger partial charge in [0.1, 0.15) is 0 Å². The van der Waals surface area contributed by atoms with Gasteiger partial charge in [-0.1, -0.05) is 0 Å². The molecule has 20 heavy (non-hydrogen) atoms. The molecule has 0 atom stereocenters. The zero-order chi connectivity index (χ0) is 14.3. The van der Waals surface area contributed by atoms with Crippen LogP contribution in [-0.2, 0) is 11.0 Å². The molecule has 0 aromatic heterocycles. The van der Waals surface area contributed by atoms with Crippen LogP contribution >= 0.6 is 0 Å². The Balaban J connectivity index is -0.0000000150. The molecular formula is H6KN4O14Sm+2. The van der Waals surface area contributed by atoms with Crippen LogP contribution in [0.4, 0.5) is 0 Å². The van der Waals surface area contributed by atoms with Gasteiger partial charge >= 0.3 is 91.8 Å². The van der Waals surface area contributed by atoms with Crippen LogP contribution < -0.4 is 51.4 Å². The quantitative estimate of drug-likeness (QED) is 0.137. The fourth-order valence-electron chi connectivity index (χ4n) is 0. The van der Waals surface area contributed by atoms with Crippen LogP contribution in [0.25, 0.3) is 0 Å². The van der Waals surface area contributed by atoms with Crippen LogP contribution in [-0.4, -0.2) is 20.3 Å². The van der Waals surface area contributed by atoms with E-state index in [4.69, 9.17) is 61.3 Å². The largest absolute Gasteiger partial charge is 3.00 e. The molecule has 0 saturated carbocycles. The number of nitrogens with zero attached hydrogens (tertiary/aromatic N) is 4. The van der Waals surface area contributed by atoms with E-state index in [1.165, 1.54) is 0 Å². The van der Waals surface area contributed by atoms with Crippen molar-refractivity contribution in [2.75, 3.05) is 0 Å². The van der Waals surface area contributed by atoms with Gasteiger partial charge in [-0.25, -0.2) is 0 Å². The Morgan fingerprint density at radius 3 is 0.450 bits per heavy atom. The summed E-state index contributed by atoms with van der Waals surface area (Å²) in [5.74, 6) is 0. The molecule has 20 heteroatoms. The van der Waals surface area contributed by atoms with Gasteiger partial charge in [0, 0.05) is 0 Å². The fourth-order valence-corrected chi connectivity index (χ4v) is 0. The molecule has 0 aromatic rings. The second-order valence-corrected chi connectivity index (χ2v) is 0.894. The second kappa shape index (κ2) is 42.8. The summed E-state index contributed by atoms with van der Waals surface area (Å²) >= 11 is 0. The summed E-state index contributed by atoms with van der Waals surface area (Å²) in [6.07, 6.45) is 0. The van der Waals surface area contributed by atoms with Crippen LogP contribution in [0.1, 0.15) is 0 Å². The van der Waals surface area contributed by atoms with E-state index < -0.39 is 20.3 Å². The molecule has 115 valence electrons. The molecule has 0 unspecified atom stereocenters. The summed E-state index contributed by atoms with van der Waals surface area (Å²) in [6, 6.07) is 0. The molecule has 0 aliphatic heterocycles. The minimum absolute atomic E-state index is 0. The molecule has 1 radical (unpaired) electrons. The maximum absolute atomic E-state index is 8.25. The smallest absolute Gasteiger partial charge is 0.457 e. The molecule has 0 aromatic carbocycles. The third-order valence-corrected chi connectivity index (χ3v) is 0. The normalized spacial score (nSPS) is 4.80. The Bertz CT molecular complexity index is 165. The average Bonchev–Trinajstić information content (AvgIpc) is 1.76. The van der Waals surface area contributed by atoms with E-state index in [1.54, 1.807) is 0 Å². The second-order valence-electron chi connectivity index (χ2n) is 0.894. The molecule has 0 fully saturated rings. The van der Waals surface area contributed by atoms with Gasteiger partial charge in [0.15, 0.2) is 0 Å². The van der Waals surface area contributed by atoms with E-state index in [-0.39, 0.29) is 103 Å². The first-order valence-corrected chi connectivity index (χ1v) is 2.19. The van der Waals surface area contributed by atoms with Crippen molar-refractivity contribution in [3.63, 3.8) is 0 Å². The van der Waals surface area contributed by atoms with E-state index >= 15 is 0 Å². The average molecular weight is 476 g/mol. The van der Waals surface area contributed by atoms with Crippen molar-refractivity contribution < 1.29 is 123 Å². The monoisotopic (exact) mass is 477 g/mol. The first kappa shape index (κ1) is 50.3. The zero-order valence-electron chi connectivity index (χ0n) is 9.25. The Hall–Kier alpha value is -0.306. The summed E-state index contributed by atoms with van der Waals surface area (Å²) in [4.78, 5) is 33.0. The minimum atomic E-state index is -1.75. The summed E-state index contributed by atoms with van der Waals surface area (Å²) in [5, 5.41) is 59.0. The third-order valence-electron chi connectivity index (χ3n) is 0. The fraction of sp³-hybridized carbons (Fsp3) is 0. The van der Waals surface area contributed by atoms with Crippen molar-refractivity contribution in [3.05, 3.63) is 61.3 Å². The molecule has 0 aliphatic carbocycles. The number of hydrogen-bond acceptors (Lipinski definition) is 12. The third kappa shape index (κ3) is 52700. The number of hydrogen-bond donors (Lipinski definition) is 0. The Morgan fingerprint density at radius 1 is 0.450 bits per heavy atom. The van der Waals surface area contributed by atoms with Gasteiger partial charge in [-0.2, -0.15) is 0 Å². The number of rotatable bonds is 0. The first-order chi connectivity index (χ1) is 6.93. The van der Waals surface area contributed by atoms with Crippen molar-refractivity contribution in [2.45, 2.75) is 0 Å². The van der Waals surface area contributed by atoms with Gasteiger partial charge in [0.05, 0.1) is 20.3 Å². The first-order valence-electron chi connectivity index (χ1n) is 2.19. The van der Waals surface area contributed by atoms with Gasteiger partial charge in [-0.15, -0.1) is 0 Å². The summed E-state index contributed by atoms with van der Waals surface area (Å²) in [6.45, 7) is 0. The molecule has 0 saturated heterocycles. The molecule has 0 bridgehead atoms. The summed E-state index contributed by atoms with van der Waals surface area (Å²) in [5.41, 5.74) is 0. The zero-order valence-corrected chi connectivity index (χ0v) is 15.0. The minimum Gasteiger partial charge on any atom is -0.457 e. The topological polar surface area (TPSA) is 331 Å². The maximum atomic E-state index is 8.25. The van der Waals surface area contributed by atoms with Crippen molar-refractivity contribution in [1.29, 1.82) is 0 Å². The SMILES string of the molecule is O=[N+]([O-])[O-].O=[N+]([O-])[O-].O=[N+]([O-])[O-].O=[N+]([O-])[O-].[K+].[OH3+].[OH3+].[Sm+3]. The van der Waals surface area contributed by atoms with E-state index in [1.807, 2.05) is 0 Å². The Morgan fingerprint density at radius 2 is 0.450 bits per heavy atom. The van der Waals surface area contributed by atoms with Crippen molar-refractivity contribution >= 4 is 0 Å². The Labute approximate surface area is 181 Å². The van der Waals surface area contributed by atoms with Crippen molar-refractivity contribution in [2.24, 2.45) is 0 Å². The van der Waals surface area contributed by atoms with Crippen LogP contribution in [0.15, 0.2) is 0 Å². The Kier molecular flexibility index (Phi) is 108. The molecular weight excluding hydrogens is 469 g/mol. The van der Waals surface area contributed by atoms with E-state index in [0.29, 0.717) is 0 Å². The van der Waals surface area contributed by atoms with Gasteiger partial charge in [-0.3, -0.25) is 0 Å². The molecule has 0 aliphatic rings. The molecule has 18 nitrogen and oxygen atoms in total. The van der Waals surface area contributed by atoms with Gasteiger partial charge in [-0.05, 0) is 0 Å². The molecule has 0 rings (SSSR count). The van der Waals surface area contributed by atoms with E-state index in [0.717, 1.165) is 0 Å². The van der Waals surface area contributed by atoms with E-state index in [2.05, 4.69) is 0 Å². The maximum Gasteiger partial charge on any atom is 3.00 e. The predicted octanol–water partition coefficient (Wildman–Crippen LogP) is -5.80. The molecule has 0 heterocycles.